The average molecular weight is 232 g/mol. The molecule has 0 radical (unpaired) electrons. The Morgan fingerprint density at radius 1 is 1.47 bits per heavy atom. The van der Waals surface area contributed by atoms with Crippen LogP contribution in [0.25, 0.3) is 0 Å². The minimum atomic E-state index is -0.732. The molecule has 1 aromatic carbocycles. The van der Waals surface area contributed by atoms with Crippen molar-refractivity contribution in [3.05, 3.63) is 29.3 Å². The molecule has 0 saturated carbocycles. The Morgan fingerprint density at radius 3 is 2.76 bits per heavy atom. The van der Waals surface area contributed by atoms with Crippen molar-refractivity contribution in [2.24, 2.45) is 0 Å². The minimum Gasteiger partial charge on any atom is -0.388 e. The van der Waals surface area contributed by atoms with Crippen molar-refractivity contribution in [3.63, 3.8) is 0 Å². The third-order valence-corrected chi connectivity index (χ3v) is 2.83. The molecular weight excluding hydrogens is 212 g/mol. The van der Waals surface area contributed by atoms with E-state index >= 15 is 0 Å². The molecular formula is C14H20N2O. The molecule has 3 heteroatoms. The lowest BCUT2D eigenvalue weighted by molar-refractivity contribution is 0.0637. The smallest absolute Gasteiger partial charge is 0.101 e. The molecule has 0 aromatic heterocycles. The highest BCUT2D eigenvalue weighted by Crippen LogP contribution is 2.21. The summed E-state index contributed by atoms with van der Waals surface area (Å²) in [6, 6.07) is 7.76. The highest BCUT2D eigenvalue weighted by atomic mass is 16.3. The zero-order valence-corrected chi connectivity index (χ0v) is 10.7. The van der Waals surface area contributed by atoms with Crippen molar-refractivity contribution in [2.75, 3.05) is 11.9 Å². The number of nitriles is 1. The number of hydrogen-bond donors (Lipinski definition) is 2. The summed E-state index contributed by atoms with van der Waals surface area (Å²) in [6.45, 7) is 6.27. The van der Waals surface area contributed by atoms with Gasteiger partial charge in [-0.1, -0.05) is 25.5 Å². The Balaban J connectivity index is 2.79. The van der Waals surface area contributed by atoms with Crippen LogP contribution in [0.15, 0.2) is 18.2 Å². The molecule has 92 valence electrons. The number of para-hydroxylation sites is 1. The van der Waals surface area contributed by atoms with Crippen LogP contribution in [0.3, 0.4) is 0 Å². The summed E-state index contributed by atoms with van der Waals surface area (Å²) in [6.07, 6.45) is 1.68. The zero-order valence-electron chi connectivity index (χ0n) is 10.7. The van der Waals surface area contributed by atoms with Crippen LogP contribution in [0.2, 0.25) is 0 Å². The van der Waals surface area contributed by atoms with E-state index in [1.165, 1.54) is 0 Å². The number of nitrogens with zero attached hydrogens (tertiary/aromatic N) is 1. The van der Waals surface area contributed by atoms with E-state index in [2.05, 4.69) is 11.4 Å². The van der Waals surface area contributed by atoms with E-state index in [-0.39, 0.29) is 0 Å². The van der Waals surface area contributed by atoms with Crippen LogP contribution in [0.5, 0.6) is 0 Å². The fourth-order valence-corrected chi connectivity index (χ4v) is 1.90. The first-order chi connectivity index (χ1) is 8.00. The Hall–Kier alpha value is -1.53. The molecule has 0 amide bonds. The number of nitrogens with one attached hydrogen (secondary N) is 1. The van der Waals surface area contributed by atoms with Gasteiger partial charge in [-0.25, -0.2) is 0 Å². The van der Waals surface area contributed by atoms with Crippen LogP contribution in [0, 0.1) is 18.3 Å². The van der Waals surface area contributed by atoms with E-state index in [1.54, 1.807) is 6.07 Å². The fraction of sp³-hybridized carbons (Fsp3) is 0.500. The van der Waals surface area contributed by atoms with E-state index in [0.29, 0.717) is 12.1 Å². The number of aliphatic hydroxyl groups is 1. The first kappa shape index (κ1) is 13.5. The predicted octanol–water partition coefficient (Wildman–Crippen LogP) is 2.83. The third kappa shape index (κ3) is 3.76. The molecule has 1 atom stereocenters. The molecule has 0 saturated heterocycles. The third-order valence-electron chi connectivity index (χ3n) is 2.83. The van der Waals surface area contributed by atoms with E-state index in [0.717, 1.165) is 24.1 Å². The van der Waals surface area contributed by atoms with Crippen molar-refractivity contribution in [3.8, 4) is 6.07 Å². The second kappa shape index (κ2) is 5.70. The standard InChI is InChI=1S/C14H20N2O/c1-4-8-14(3,17)10-16-13-11(2)6-5-7-12(13)9-15/h5-7,16-17H,4,8,10H2,1-3H3. The van der Waals surface area contributed by atoms with Gasteiger partial charge < -0.3 is 10.4 Å². The monoisotopic (exact) mass is 232 g/mol. The number of anilines is 1. The molecule has 0 spiro atoms. The molecule has 0 bridgehead atoms. The Kier molecular flexibility index (Phi) is 4.53. The van der Waals surface area contributed by atoms with Crippen LogP contribution in [0.1, 0.15) is 37.8 Å². The lowest BCUT2D eigenvalue weighted by Crippen LogP contribution is -2.33. The van der Waals surface area contributed by atoms with E-state index in [4.69, 9.17) is 5.26 Å². The van der Waals surface area contributed by atoms with Gasteiger partial charge in [0.25, 0.3) is 0 Å². The molecule has 3 nitrogen and oxygen atoms in total. The van der Waals surface area contributed by atoms with Gasteiger partial charge in [-0.05, 0) is 31.9 Å². The van der Waals surface area contributed by atoms with Gasteiger partial charge in [-0.3, -0.25) is 0 Å². The first-order valence-corrected chi connectivity index (χ1v) is 5.96. The summed E-state index contributed by atoms with van der Waals surface area (Å²) in [5.41, 5.74) is 1.74. The lowest BCUT2D eigenvalue weighted by atomic mass is 10.00. The van der Waals surface area contributed by atoms with Gasteiger partial charge in [0.05, 0.1) is 16.9 Å². The second-order valence-electron chi connectivity index (χ2n) is 4.71. The molecule has 17 heavy (non-hydrogen) atoms. The summed E-state index contributed by atoms with van der Waals surface area (Å²) in [5.74, 6) is 0. The molecule has 0 aliphatic rings. The maximum absolute atomic E-state index is 10.1. The molecule has 0 heterocycles. The zero-order chi connectivity index (χ0) is 12.9. The lowest BCUT2D eigenvalue weighted by Gasteiger charge is -2.24. The fourth-order valence-electron chi connectivity index (χ4n) is 1.90. The van der Waals surface area contributed by atoms with Crippen molar-refractivity contribution in [1.29, 1.82) is 5.26 Å². The van der Waals surface area contributed by atoms with E-state index in [9.17, 15) is 5.11 Å². The molecule has 1 rings (SSSR count). The SMILES string of the molecule is CCCC(C)(O)CNc1c(C)cccc1C#N. The molecule has 2 N–H and O–H groups in total. The Morgan fingerprint density at radius 2 is 2.18 bits per heavy atom. The number of benzene rings is 1. The molecule has 0 aliphatic carbocycles. The Bertz CT molecular complexity index is 419. The summed E-state index contributed by atoms with van der Waals surface area (Å²) in [4.78, 5) is 0. The van der Waals surface area contributed by atoms with Gasteiger partial charge in [0.15, 0.2) is 0 Å². The van der Waals surface area contributed by atoms with Gasteiger partial charge in [0.2, 0.25) is 0 Å². The van der Waals surface area contributed by atoms with Gasteiger partial charge in [0, 0.05) is 6.54 Å². The number of rotatable bonds is 5. The highest BCUT2D eigenvalue weighted by Gasteiger charge is 2.19. The van der Waals surface area contributed by atoms with Gasteiger partial charge >= 0.3 is 0 Å². The van der Waals surface area contributed by atoms with Crippen molar-refractivity contribution in [1.82, 2.24) is 0 Å². The van der Waals surface area contributed by atoms with Crippen LogP contribution >= 0.6 is 0 Å². The summed E-state index contributed by atoms with van der Waals surface area (Å²) >= 11 is 0. The predicted molar refractivity (Wildman–Crippen MR) is 69.9 cm³/mol. The van der Waals surface area contributed by atoms with Gasteiger partial charge in [-0.2, -0.15) is 5.26 Å². The molecule has 1 unspecified atom stereocenters. The quantitative estimate of drug-likeness (QED) is 0.820. The van der Waals surface area contributed by atoms with E-state index in [1.807, 2.05) is 32.9 Å². The van der Waals surface area contributed by atoms with Gasteiger partial charge in [-0.15, -0.1) is 0 Å². The molecule has 1 aromatic rings. The van der Waals surface area contributed by atoms with Crippen LogP contribution in [0.4, 0.5) is 5.69 Å². The normalized spacial score (nSPS) is 13.8. The van der Waals surface area contributed by atoms with E-state index < -0.39 is 5.60 Å². The number of aryl methyl sites for hydroxylation is 1. The van der Waals surface area contributed by atoms with Crippen molar-refractivity contribution in [2.45, 2.75) is 39.2 Å². The maximum atomic E-state index is 10.1. The van der Waals surface area contributed by atoms with Crippen molar-refractivity contribution >= 4 is 5.69 Å². The largest absolute Gasteiger partial charge is 0.388 e. The summed E-state index contributed by atoms with van der Waals surface area (Å²) in [5, 5.41) is 22.3. The highest BCUT2D eigenvalue weighted by molar-refractivity contribution is 5.62. The number of hydrogen-bond acceptors (Lipinski definition) is 3. The summed E-state index contributed by atoms with van der Waals surface area (Å²) < 4.78 is 0. The Labute approximate surface area is 103 Å². The van der Waals surface area contributed by atoms with Crippen LogP contribution in [-0.4, -0.2) is 17.3 Å². The van der Waals surface area contributed by atoms with Crippen LogP contribution in [-0.2, 0) is 0 Å². The maximum Gasteiger partial charge on any atom is 0.101 e. The molecule has 0 aliphatic heterocycles. The topological polar surface area (TPSA) is 56.0 Å². The van der Waals surface area contributed by atoms with Crippen LogP contribution < -0.4 is 5.32 Å². The average Bonchev–Trinajstić information content (AvgIpc) is 2.27. The molecule has 0 fully saturated rings. The summed E-state index contributed by atoms with van der Waals surface area (Å²) in [7, 11) is 0. The second-order valence-corrected chi connectivity index (χ2v) is 4.71. The minimum absolute atomic E-state index is 0.459. The van der Waals surface area contributed by atoms with Gasteiger partial charge in [0.1, 0.15) is 6.07 Å². The van der Waals surface area contributed by atoms with Crippen molar-refractivity contribution < 1.29 is 5.11 Å². The first-order valence-electron chi connectivity index (χ1n) is 5.96.